The van der Waals surface area contributed by atoms with E-state index in [9.17, 15) is 14.9 Å². The van der Waals surface area contributed by atoms with Crippen molar-refractivity contribution in [2.75, 3.05) is 32.1 Å². The van der Waals surface area contributed by atoms with E-state index in [0.29, 0.717) is 11.6 Å². The van der Waals surface area contributed by atoms with Gasteiger partial charge in [0.25, 0.3) is 5.69 Å². The summed E-state index contributed by atoms with van der Waals surface area (Å²) in [7, 11) is 4.08. The van der Waals surface area contributed by atoms with Crippen molar-refractivity contribution < 1.29 is 9.72 Å². The Hall–Kier alpha value is -1.95. The molecule has 0 aliphatic carbocycles. The largest absolute Gasteiger partial charge is 0.369 e. The zero-order valence-electron chi connectivity index (χ0n) is 12.0. The summed E-state index contributed by atoms with van der Waals surface area (Å²) in [5.74, 6) is -0.142. The van der Waals surface area contributed by atoms with Crippen molar-refractivity contribution >= 4 is 17.2 Å². The molecule has 0 radical (unpaired) electrons. The van der Waals surface area contributed by atoms with Crippen LogP contribution in [0.15, 0.2) is 18.2 Å². The third kappa shape index (κ3) is 2.80. The predicted octanol–water partition coefficient (Wildman–Crippen LogP) is 1.94. The van der Waals surface area contributed by atoms with Gasteiger partial charge < -0.3 is 9.80 Å². The lowest BCUT2D eigenvalue weighted by atomic mass is 10.1. The first kappa shape index (κ1) is 14.5. The zero-order chi connectivity index (χ0) is 14.9. The number of non-ortho nitro benzene ring substituents is 1. The standard InChI is InChI=1S/C14H19N3O3/c1-10(18)13-8-11(17(19)20)4-5-14(13)16-7-6-12(9-16)15(2)3/h4-5,8,12H,6-7,9H2,1-3H3. The second-order valence-electron chi connectivity index (χ2n) is 5.37. The van der Waals surface area contributed by atoms with Crippen LogP contribution in [-0.4, -0.2) is 48.8 Å². The number of benzene rings is 1. The molecule has 1 atom stereocenters. The lowest BCUT2D eigenvalue weighted by Gasteiger charge is -2.23. The first-order valence-electron chi connectivity index (χ1n) is 6.61. The number of nitro groups is 1. The number of rotatable bonds is 4. The van der Waals surface area contributed by atoms with Gasteiger partial charge in [0.2, 0.25) is 0 Å². The Labute approximate surface area is 118 Å². The van der Waals surface area contributed by atoms with Crippen LogP contribution in [0.4, 0.5) is 11.4 Å². The van der Waals surface area contributed by atoms with E-state index >= 15 is 0 Å². The second-order valence-corrected chi connectivity index (χ2v) is 5.37. The predicted molar refractivity (Wildman–Crippen MR) is 77.4 cm³/mol. The number of Topliss-reactive ketones (excluding diaryl/α,β-unsaturated/α-hetero) is 1. The molecule has 20 heavy (non-hydrogen) atoms. The maximum absolute atomic E-state index is 11.8. The van der Waals surface area contributed by atoms with E-state index in [1.165, 1.54) is 19.1 Å². The number of hydrogen-bond donors (Lipinski definition) is 0. The highest BCUT2D eigenvalue weighted by Gasteiger charge is 2.27. The Kier molecular flexibility index (Phi) is 4.04. The van der Waals surface area contributed by atoms with E-state index in [0.717, 1.165) is 25.2 Å². The Morgan fingerprint density at radius 1 is 1.45 bits per heavy atom. The van der Waals surface area contributed by atoms with Crippen molar-refractivity contribution in [3.63, 3.8) is 0 Å². The van der Waals surface area contributed by atoms with Crippen LogP contribution in [0.3, 0.4) is 0 Å². The number of anilines is 1. The van der Waals surface area contributed by atoms with Gasteiger partial charge in [0.05, 0.1) is 4.92 Å². The Morgan fingerprint density at radius 2 is 2.15 bits per heavy atom. The Morgan fingerprint density at radius 3 is 2.65 bits per heavy atom. The van der Waals surface area contributed by atoms with Gasteiger partial charge in [-0.25, -0.2) is 0 Å². The number of nitro benzene ring substituents is 1. The molecular weight excluding hydrogens is 258 g/mol. The van der Waals surface area contributed by atoms with Gasteiger partial charge in [0, 0.05) is 42.5 Å². The third-order valence-electron chi connectivity index (χ3n) is 3.80. The minimum Gasteiger partial charge on any atom is -0.369 e. The number of ketones is 1. The number of carbonyl (C=O) groups is 1. The van der Waals surface area contributed by atoms with Crippen LogP contribution in [0.25, 0.3) is 0 Å². The summed E-state index contributed by atoms with van der Waals surface area (Å²) in [6, 6.07) is 4.98. The van der Waals surface area contributed by atoms with Crippen LogP contribution in [-0.2, 0) is 0 Å². The van der Waals surface area contributed by atoms with Crippen LogP contribution in [0.1, 0.15) is 23.7 Å². The van der Waals surface area contributed by atoms with Crippen molar-refractivity contribution in [2.45, 2.75) is 19.4 Å². The normalized spacial score (nSPS) is 18.6. The summed E-state index contributed by atoms with van der Waals surface area (Å²) >= 11 is 0. The maximum atomic E-state index is 11.8. The van der Waals surface area contributed by atoms with Crippen LogP contribution in [0, 0.1) is 10.1 Å². The molecule has 1 saturated heterocycles. The van der Waals surface area contributed by atoms with Gasteiger partial charge in [-0.15, -0.1) is 0 Å². The van der Waals surface area contributed by atoms with E-state index in [-0.39, 0.29) is 11.5 Å². The minimum absolute atomic E-state index is 0.0395. The van der Waals surface area contributed by atoms with Crippen molar-refractivity contribution in [3.05, 3.63) is 33.9 Å². The molecule has 1 aliphatic rings. The van der Waals surface area contributed by atoms with E-state index in [1.807, 2.05) is 14.1 Å². The molecule has 108 valence electrons. The Balaban J connectivity index is 2.32. The molecule has 1 heterocycles. The highest BCUT2D eigenvalue weighted by molar-refractivity contribution is 6.00. The van der Waals surface area contributed by atoms with E-state index in [2.05, 4.69) is 9.80 Å². The van der Waals surface area contributed by atoms with Gasteiger partial charge in [-0.1, -0.05) is 0 Å². The average molecular weight is 277 g/mol. The van der Waals surface area contributed by atoms with E-state index in [4.69, 9.17) is 0 Å². The highest BCUT2D eigenvalue weighted by Crippen LogP contribution is 2.29. The number of hydrogen-bond acceptors (Lipinski definition) is 5. The molecule has 6 nitrogen and oxygen atoms in total. The van der Waals surface area contributed by atoms with Gasteiger partial charge in [-0.2, -0.15) is 0 Å². The first-order valence-corrected chi connectivity index (χ1v) is 6.61. The third-order valence-corrected chi connectivity index (χ3v) is 3.80. The van der Waals surface area contributed by atoms with Crippen molar-refractivity contribution in [3.8, 4) is 0 Å². The molecule has 1 unspecified atom stereocenters. The maximum Gasteiger partial charge on any atom is 0.270 e. The molecule has 1 aliphatic heterocycles. The van der Waals surface area contributed by atoms with Gasteiger partial charge in [0.15, 0.2) is 5.78 Å². The molecule has 6 heteroatoms. The summed E-state index contributed by atoms with van der Waals surface area (Å²) in [5.41, 5.74) is 1.19. The Bertz CT molecular complexity index is 542. The number of carbonyl (C=O) groups excluding carboxylic acids is 1. The van der Waals surface area contributed by atoms with Gasteiger partial charge >= 0.3 is 0 Å². The molecule has 2 rings (SSSR count). The van der Waals surface area contributed by atoms with Crippen molar-refractivity contribution in [2.24, 2.45) is 0 Å². The summed E-state index contributed by atoms with van der Waals surface area (Å²) in [4.78, 5) is 26.4. The summed E-state index contributed by atoms with van der Waals surface area (Å²) in [6.45, 7) is 3.15. The molecule has 0 aromatic heterocycles. The molecule has 0 saturated carbocycles. The molecule has 1 aromatic rings. The van der Waals surface area contributed by atoms with Crippen LogP contribution >= 0.6 is 0 Å². The highest BCUT2D eigenvalue weighted by atomic mass is 16.6. The van der Waals surface area contributed by atoms with Crippen molar-refractivity contribution in [1.82, 2.24) is 4.90 Å². The fourth-order valence-electron chi connectivity index (χ4n) is 2.58. The fourth-order valence-corrected chi connectivity index (χ4v) is 2.58. The summed E-state index contributed by atoms with van der Waals surface area (Å²) in [5, 5.41) is 10.8. The summed E-state index contributed by atoms with van der Waals surface area (Å²) in [6.07, 6.45) is 1.03. The van der Waals surface area contributed by atoms with Gasteiger partial charge in [0.1, 0.15) is 0 Å². The fraction of sp³-hybridized carbons (Fsp3) is 0.500. The van der Waals surface area contributed by atoms with Gasteiger partial charge in [-0.3, -0.25) is 14.9 Å². The number of likely N-dealkylation sites (N-methyl/N-ethyl adjacent to an activating group) is 1. The molecule has 1 aromatic carbocycles. The quantitative estimate of drug-likeness (QED) is 0.478. The van der Waals surface area contributed by atoms with E-state index < -0.39 is 4.92 Å². The molecule has 0 spiro atoms. The lowest BCUT2D eigenvalue weighted by Crippen LogP contribution is -2.31. The van der Waals surface area contributed by atoms with Crippen LogP contribution in [0.5, 0.6) is 0 Å². The van der Waals surface area contributed by atoms with Crippen LogP contribution < -0.4 is 4.90 Å². The lowest BCUT2D eigenvalue weighted by molar-refractivity contribution is -0.384. The van der Waals surface area contributed by atoms with Gasteiger partial charge in [-0.05, 0) is 33.5 Å². The molecule has 1 fully saturated rings. The average Bonchev–Trinajstić information content (AvgIpc) is 2.87. The second kappa shape index (κ2) is 5.58. The van der Waals surface area contributed by atoms with Crippen LogP contribution in [0.2, 0.25) is 0 Å². The smallest absolute Gasteiger partial charge is 0.270 e. The SMILES string of the molecule is CC(=O)c1cc([N+](=O)[O-])ccc1N1CCC(N(C)C)C1. The monoisotopic (exact) mass is 277 g/mol. The molecule has 0 bridgehead atoms. The summed E-state index contributed by atoms with van der Waals surface area (Å²) < 4.78 is 0. The van der Waals surface area contributed by atoms with E-state index in [1.54, 1.807) is 6.07 Å². The number of nitrogens with zero attached hydrogens (tertiary/aromatic N) is 3. The topological polar surface area (TPSA) is 66.7 Å². The zero-order valence-corrected chi connectivity index (χ0v) is 12.0. The molecular formula is C14H19N3O3. The molecule has 0 N–H and O–H groups in total. The first-order chi connectivity index (χ1) is 9.40. The van der Waals surface area contributed by atoms with Crippen molar-refractivity contribution in [1.29, 1.82) is 0 Å². The molecule has 0 amide bonds. The minimum atomic E-state index is -0.469.